The molecule has 256 valence electrons. The number of fused-ring (bicyclic) bond motifs is 1. The fourth-order valence-corrected chi connectivity index (χ4v) is 5.75. The second-order valence-corrected chi connectivity index (χ2v) is 12.5. The Hall–Kier alpha value is -3.87. The molecular weight excluding hydrogens is 596 g/mol. The molecule has 1 fully saturated rings. The highest BCUT2D eigenvalue weighted by atomic mass is 16.7. The quantitative estimate of drug-likeness (QED) is 0.192. The number of piperidine rings is 1. The van der Waals surface area contributed by atoms with Crippen LogP contribution in [0.3, 0.4) is 0 Å². The van der Waals surface area contributed by atoms with E-state index in [1.54, 1.807) is 49.8 Å². The van der Waals surface area contributed by atoms with Crippen molar-refractivity contribution < 1.29 is 42.9 Å². The van der Waals surface area contributed by atoms with Gasteiger partial charge in [-0.05, 0) is 71.6 Å². The Balaban J connectivity index is 1.79. The molecule has 1 saturated heterocycles. The fourth-order valence-electron chi connectivity index (χ4n) is 5.75. The number of hydrogen-bond acceptors (Lipinski definition) is 9. The number of carbonyl (C=O) groups is 5. The lowest BCUT2D eigenvalue weighted by Gasteiger charge is -2.42. The van der Waals surface area contributed by atoms with Gasteiger partial charge in [0.05, 0.1) is 11.7 Å². The van der Waals surface area contributed by atoms with E-state index in [0.717, 1.165) is 0 Å². The summed E-state index contributed by atoms with van der Waals surface area (Å²) in [4.78, 5) is 69.4. The van der Waals surface area contributed by atoms with E-state index < -0.39 is 24.0 Å². The van der Waals surface area contributed by atoms with E-state index in [9.17, 15) is 24.0 Å². The predicted octanol–water partition coefficient (Wildman–Crippen LogP) is 3.79. The number of nitrogens with zero attached hydrogens (tertiary/aromatic N) is 3. The molecule has 0 aromatic heterocycles. The summed E-state index contributed by atoms with van der Waals surface area (Å²) in [6, 6.07) is 2.96. The Labute approximate surface area is 271 Å². The zero-order valence-corrected chi connectivity index (χ0v) is 28.5. The predicted molar refractivity (Wildman–Crippen MR) is 171 cm³/mol. The van der Waals surface area contributed by atoms with Crippen molar-refractivity contribution in [2.75, 3.05) is 44.8 Å². The third-order valence-corrected chi connectivity index (χ3v) is 8.06. The van der Waals surface area contributed by atoms with Crippen LogP contribution in [0.2, 0.25) is 0 Å². The number of likely N-dealkylation sites (tertiary alicyclic amines) is 1. The van der Waals surface area contributed by atoms with Crippen LogP contribution in [0.25, 0.3) is 0 Å². The van der Waals surface area contributed by atoms with Gasteiger partial charge in [-0.25, -0.2) is 4.79 Å². The zero-order valence-electron chi connectivity index (χ0n) is 28.5. The molecule has 0 bridgehead atoms. The SMILES string of the molecule is CCC(=O)NCCN1C(=O)C(C)(C)Oc2cc(C)c(C(=O)N(C(C)C)[C@@H]3CCCN(C(=O)OC(C)OC(=O)CCCOC)C3)cc21. The first-order valence-corrected chi connectivity index (χ1v) is 16.1. The van der Waals surface area contributed by atoms with Crippen molar-refractivity contribution in [3.8, 4) is 5.75 Å². The molecule has 0 spiro atoms. The van der Waals surface area contributed by atoms with Crippen molar-refractivity contribution >= 4 is 35.5 Å². The maximum absolute atomic E-state index is 14.3. The number of carbonyl (C=O) groups excluding carboxylic acids is 5. The molecule has 3 rings (SSSR count). The summed E-state index contributed by atoms with van der Waals surface area (Å²) in [6.07, 6.45) is 0.646. The summed E-state index contributed by atoms with van der Waals surface area (Å²) in [7, 11) is 1.55. The van der Waals surface area contributed by atoms with E-state index >= 15 is 0 Å². The first kappa shape index (κ1) is 36.6. The number of esters is 1. The van der Waals surface area contributed by atoms with E-state index in [1.807, 2.05) is 20.8 Å². The minimum Gasteiger partial charge on any atom is -0.476 e. The van der Waals surface area contributed by atoms with E-state index in [4.69, 9.17) is 18.9 Å². The zero-order chi connectivity index (χ0) is 34.2. The first-order valence-electron chi connectivity index (χ1n) is 16.1. The molecule has 2 aliphatic heterocycles. The van der Waals surface area contributed by atoms with E-state index in [2.05, 4.69) is 5.32 Å². The van der Waals surface area contributed by atoms with Crippen LogP contribution in [0.1, 0.15) is 89.6 Å². The summed E-state index contributed by atoms with van der Waals surface area (Å²) in [5, 5.41) is 2.81. The highest BCUT2D eigenvalue weighted by molar-refractivity contribution is 6.05. The van der Waals surface area contributed by atoms with Gasteiger partial charge in [0, 0.05) is 71.3 Å². The topological polar surface area (TPSA) is 144 Å². The van der Waals surface area contributed by atoms with Crippen LogP contribution in [-0.4, -0.2) is 103 Å². The summed E-state index contributed by atoms with van der Waals surface area (Å²) >= 11 is 0. The smallest absolute Gasteiger partial charge is 0.412 e. The van der Waals surface area contributed by atoms with E-state index in [-0.39, 0.29) is 55.9 Å². The monoisotopic (exact) mass is 646 g/mol. The number of methoxy groups -OCH3 is 1. The number of benzene rings is 1. The molecule has 13 nitrogen and oxygen atoms in total. The molecule has 1 unspecified atom stereocenters. The number of nitrogens with one attached hydrogen (secondary N) is 1. The molecule has 0 aliphatic carbocycles. The Morgan fingerprint density at radius 2 is 1.87 bits per heavy atom. The van der Waals surface area contributed by atoms with Crippen LogP contribution in [-0.2, 0) is 28.6 Å². The lowest BCUT2D eigenvalue weighted by atomic mass is 9.97. The van der Waals surface area contributed by atoms with E-state index in [1.165, 1.54) is 11.8 Å². The van der Waals surface area contributed by atoms with Gasteiger partial charge in [0.25, 0.3) is 11.8 Å². The highest BCUT2D eigenvalue weighted by Gasteiger charge is 2.42. The maximum atomic E-state index is 14.3. The largest absolute Gasteiger partial charge is 0.476 e. The average molecular weight is 647 g/mol. The minimum absolute atomic E-state index is 0.119. The molecule has 2 atom stereocenters. The number of ether oxygens (including phenoxy) is 4. The molecule has 46 heavy (non-hydrogen) atoms. The van der Waals surface area contributed by atoms with Crippen LogP contribution >= 0.6 is 0 Å². The Morgan fingerprint density at radius 3 is 2.52 bits per heavy atom. The van der Waals surface area contributed by atoms with Crippen molar-refractivity contribution in [2.45, 2.75) is 105 Å². The average Bonchev–Trinajstić information content (AvgIpc) is 2.98. The van der Waals surface area contributed by atoms with Gasteiger partial charge in [-0.2, -0.15) is 0 Å². The molecule has 4 amide bonds. The lowest BCUT2D eigenvalue weighted by Crippen LogP contribution is -2.55. The van der Waals surface area contributed by atoms with Gasteiger partial charge >= 0.3 is 12.1 Å². The summed E-state index contributed by atoms with van der Waals surface area (Å²) in [5.41, 5.74) is 0.447. The van der Waals surface area contributed by atoms with Gasteiger partial charge in [-0.15, -0.1) is 0 Å². The molecule has 0 radical (unpaired) electrons. The summed E-state index contributed by atoms with van der Waals surface area (Å²) in [6.45, 7) is 13.9. The number of anilines is 1. The number of hydrogen-bond donors (Lipinski definition) is 1. The van der Waals surface area contributed by atoms with Gasteiger partial charge in [0.1, 0.15) is 5.75 Å². The minimum atomic E-state index is -1.12. The van der Waals surface area contributed by atoms with Gasteiger partial charge < -0.3 is 39.0 Å². The fraction of sp³-hybridized carbons (Fsp3) is 0.667. The molecule has 2 heterocycles. The Kier molecular flexibility index (Phi) is 12.8. The van der Waals surface area contributed by atoms with Crippen LogP contribution in [0.5, 0.6) is 5.75 Å². The molecule has 1 aromatic rings. The van der Waals surface area contributed by atoms with Gasteiger partial charge in [0.2, 0.25) is 12.2 Å². The van der Waals surface area contributed by atoms with Gasteiger partial charge in [-0.3, -0.25) is 19.2 Å². The second kappa shape index (κ2) is 16.1. The van der Waals surface area contributed by atoms with Crippen molar-refractivity contribution in [3.05, 3.63) is 23.3 Å². The van der Waals surface area contributed by atoms with Crippen LogP contribution in [0.4, 0.5) is 10.5 Å². The van der Waals surface area contributed by atoms with Gasteiger partial charge in [-0.1, -0.05) is 6.92 Å². The van der Waals surface area contributed by atoms with Crippen LogP contribution in [0, 0.1) is 6.92 Å². The molecule has 13 heteroatoms. The van der Waals surface area contributed by atoms with Crippen molar-refractivity contribution in [2.24, 2.45) is 0 Å². The van der Waals surface area contributed by atoms with Crippen LogP contribution in [0.15, 0.2) is 12.1 Å². The Bertz CT molecular complexity index is 1280. The molecule has 1 aromatic carbocycles. The second-order valence-electron chi connectivity index (χ2n) is 12.5. The standard InChI is InChI=1S/C33H50N4O9/c1-9-28(38)34-14-16-36-26-19-25(22(4)18-27(26)46-33(6,7)31(36)41)30(40)37(21(2)3)24-12-10-15-35(20-24)32(42)45-23(5)44-29(39)13-11-17-43-8/h18-19,21,23-24H,9-17,20H2,1-8H3,(H,34,38)/t23?,24-/m1/s1. The molecule has 0 saturated carbocycles. The Morgan fingerprint density at radius 1 is 1.15 bits per heavy atom. The maximum Gasteiger partial charge on any atom is 0.412 e. The number of amides is 4. The highest BCUT2D eigenvalue weighted by Crippen LogP contribution is 2.40. The molecule has 2 aliphatic rings. The summed E-state index contributed by atoms with van der Waals surface area (Å²) < 4.78 is 21.6. The third kappa shape index (κ3) is 9.11. The summed E-state index contributed by atoms with van der Waals surface area (Å²) in [5.74, 6) is -0.621. The molecular formula is C33H50N4O9. The van der Waals surface area contributed by atoms with E-state index in [0.29, 0.717) is 61.4 Å². The molecule has 1 N–H and O–H groups in total. The van der Waals surface area contributed by atoms with Gasteiger partial charge in [0.15, 0.2) is 5.60 Å². The normalized spacial score (nSPS) is 17.9. The van der Waals surface area contributed by atoms with Crippen LogP contribution < -0.4 is 15.0 Å². The number of rotatable bonds is 13. The first-order chi connectivity index (χ1) is 21.7. The van der Waals surface area contributed by atoms with Crippen molar-refractivity contribution in [3.63, 3.8) is 0 Å². The number of aryl methyl sites for hydroxylation is 1. The van der Waals surface area contributed by atoms with Crippen molar-refractivity contribution in [1.29, 1.82) is 0 Å². The third-order valence-electron chi connectivity index (χ3n) is 8.06. The lowest BCUT2D eigenvalue weighted by molar-refractivity contribution is -0.166. The van der Waals surface area contributed by atoms with Crippen molar-refractivity contribution in [1.82, 2.24) is 15.1 Å².